The smallest absolute Gasteiger partial charge is 0.253 e. The average molecular weight is 402 g/mol. The Bertz CT molecular complexity index is 769. The van der Waals surface area contributed by atoms with Gasteiger partial charge < -0.3 is 25.2 Å². The molecule has 0 aromatic heterocycles. The molecule has 2 aliphatic heterocycles. The number of carbonyl (C=O) groups excluding carboxylic acids is 4. The second-order valence-electron chi connectivity index (χ2n) is 7.15. The van der Waals surface area contributed by atoms with Gasteiger partial charge in [0.2, 0.25) is 17.7 Å². The molecule has 9 nitrogen and oxygen atoms in total. The van der Waals surface area contributed by atoms with Gasteiger partial charge in [0.25, 0.3) is 5.91 Å². The molecule has 0 bridgehead atoms. The molecule has 29 heavy (non-hydrogen) atoms. The molecule has 2 aliphatic rings. The third-order valence-corrected chi connectivity index (χ3v) is 5.18. The van der Waals surface area contributed by atoms with Gasteiger partial charge in [0.05, 0.1) is 6.54 Å². The fourth-order valence-corrected chi connectivity index (χ4v) is 3.64. The van der Waals surface area contributed by atoms with Crippen LogP contribution < -0.4 is 10.6 Å². The van der Waals surface area contributed by atoms with Gasteiger partial charge in [-0.1, -0.05) is 18.2 Å². The van der Waals surface area contributed by atoms with Gasteiger partial charge in [0.1, 0.15) is 18.7 Å². The van der Waals surface area contributed by atoms with Gasteiger partial charge in [-0.2, -0.15) is 0 Å². The average Bonchev–Trinajstić information content (AvgIpc) is 2.75. The van der Waals surface area contributed by atoms with Crippen LogP contribution in [-0.4, -0.2) is 85.4 Å². The van der Waals surface area contributed by atoms with Gasteiger partial charge in [-0.3, -0.25) is 19.2 Å². The fourth-order valence-electron chi connectivity index (χ4n) is 3.64. The first kappa shape index (κ1) is 20.8. The Morgan fingerprint density at radius 3 is 2.66 bits per heavy atom. The summed E-state index contributed by atoms with van der Waals surface area (Å²) >= 11 is 0. The number of carbonyl (C=O) groups is 4. The number of piperidine rings is 1. The van der Waals surface area contributed by atoms with Crippen molar-refractivity contribution < 1.29 is 23.9 Å². The highest BCUT2D eigenvalue weighted by Crippen LogP contribution is 2.15. The number of benzene rings is 1. The Hall–Kier alpha value is -2.94. The number of methoxy groups -OCH3 is 1. The summed E-state index contributed by atoms with van der Waals surface area (Å²) in [6.45, 7) is 1.03. The molecule has 2 N–H and O–H groups in total. The van der Waals surface area contributed by atoms with E-state index in [4.69, 9.17) is 4.74 Å². The molecule has 156 valence electrons. The maximum absolute atomic E-state index is 13.0. The number of rotatable bonds is 5. The van der Waals surface area contributed by atoms with E-state index in [1.807, 2.05) is 6.07 Å². The Morgan fingerprint density at radius 2 is 1.97 bits per heavy atom. The summed E-state index contributed by atoms with van der Waals surface area (Å²) in [7, 11) is 1.41. The third kappa shape index (κ3) is 4.92. The van der Waals surface area contributed by atoms with Crippen LogP contribution in [0, 0.1) is 0 Å². The van der Waals surface area contributed by atoms with Crippen LogP contribution in [-0.2, 0) is 19.1 Å². The molecule has 4 amide bonds. The molecule has 3 rings (SSSR count). The van der Waals surface area contributed by atoms with Gasteiger partial charge in [0, 0.05) is 32.3 Å². The summed E-state index contributed by atoms with van der Waals surface area (Å²) in [6.07, 6.45) is 1.31. The first-order valence-corrected chi connectivity index (χ1v) is 9.72. The lowest BCUT2D eigenvalue weighted by Crippen LogP contribution is -2.64. The standard InChI is InChI=1S/C20H26N4O5/c1-29-13-17(25)24-11-10-23(20(28)14-6-3-2-4-7-14)12-16(24)19(27)22-15-8-5-9-21-18(15)26/h2-4,6-7,15-16H,5,8-13H2,1H3,(H,21,26)(H,22,27)/t15-,16+/m1/s1. The zero-order chi connectivity index (χ0) is 20.8. The molecular weight excluding hydrogens is 376 g/mol. The van der Waals surface area contributed by atoms with E-state index >= 15 is 0 Å². The minimum absolute atomic E-state index is 0.0589. The topological polar surface area (TPSA) is 108 Å². The normalized spacial score (nSPS) is 22.0. The van der Waals surface area contributed by atoms with E-state index < -0.39 is 18.0 Å². The molecule has 2 fully saturated rings. The molecule has 0 saturated carbocycles. The summed E-state index contributed by atoms with van der Waals surface area (Å²) in [4.78, 5) is 53.2. The van der Waals surface area contributed by atoms with E-state index in [0.717, 1.165) is 6.42 Å². The first-order valence-electron chi connectivity index (χ1n) is 9.72. The molecule has 2 heterocycles. The molecule has 1 aromatic rings. The van der Waals surface area contributed by atoms with Crippen molar-refractivity contribution >= 4 is 23.6 Å². The molecule has 2 atom stereocenters. The van der Waals surface area contributed by atoms with Crippen LogP contribution in [0.4, 0.5) is 0 Å². The van der Waals surface area contributed by atoms with Gasteiger partial charge in [-0.05, 0) is 25.0 Å². The highest BCUT2D eigenvalue weighted by Gasteiger charge is 2.38. The Balaban J connectivity index is 1.75. The lowest BCUT2D eigenvalue weighted by molar-refractivity contribution is -0.146. The number of ether oxygens (including phenoxy) is 1. The minimum Gasteiger partial charge on any atom is -0.375 e. The van der Waals surface area contributed by atoms with Crippen LogP contribution in [0.15, 0.2) is 30.3 Å². The first-order chi connectivity index (χ1) is 14.0. The van der Waals surface area contributed by atoms with Crippen LogP contribution >= 0.6 is 0 Å². The van der Waals surface area contributed by atoms with Crippen molar-refractivity contribution in [1.82, 2.24) is 20.4 Å². The van der Waals surface area contributed by atoms with Crippen LogP contribution in [0.3, 0.4) is 0 Å². The molecule has 0 unspecified atom stereocenters. The monoisotopic (exact) mass is 402 g/mol. The SMILES string of the molecule is COCC(=O)N1CCN(C(=O)c2ccccc2)C[C@H]1C(=O)N[C@@H]1CCCNC1=O. The van der Waals surface area contributed by atoms with Crippen molar-refractivity contribution in [1.29, 1.82) is 0 Å². The van der Waals surface area contributed by atoms with E-state index in [0.29, 0.717) is 25.1 Å². The van der Waals surface area contributed by atoms with E-state index in [2.05, 4.69) is 10.6 Å². The van der Waals surface area contributed by atoms with Crippen LogP contribution in [0.2, 0.25) is 0 Å². The van der Waals surface area contributed by atoms with Crippen molar-refractivity contribution in [3.63, 3.8) is 0 Å². The zero-order valence-corrected chi connectivity index (χ0v) is 16.4. The van der Waals surface area contributed by atoms with Crippen LogP contribution in [0.25, 0.3) is 0 Å². The summed E-state index contributed by atoms with van der Waals surface area (Å²) in [6, 6.07) is 7.29. The third-order valence-electron chi connectivity index (χ3n) is 5.18. The Labute approximate surface area is 169 Å². The van der Waals surface area contributed by atoms with Crippen molar-refractivity contribution in [2.45, 2.75) is 24.9 Å². The molecular formula is C20H26N4O5. The number of nitrogens with zero attached hydrogens (tertiary/aromatic N) is 2. The van der Waals surface area contributed by atoms with E-state index in [-0.39, 0.29) is 37.4 Å². The summed E-state index contributed by atoms with van der Waals surface area (Å²) in [5.41, 5.74) is 0.523. The van der Waals surface area contributed by atoms with Gasteiger partial charge in [0.15, 0.2) is 0 Å². The fraction of sp³-hybridized carbons (Fsp3) is 0.500. The number of hydrogen-bond donors (Lipinski definition) is 2. The molecule has 2 saturated heterocycles. The molecule has 0 spiro atoms. The molecule has 1 aromatic carbocycles. The van der Waals surface area contributed by atoms with Gasteiger partial charge >= 0.3 is 0 Å². The summed E-state index contributed by atoms with van der Waals surface area (Å²) in [5.74, 6) is -1.19. The van der Waals surface area contributed by atoms with E-state index in [9.17, 15) is 19.2 Å². The lowest BCUT2D eigenvalue weighted by Gasteiger charge is -2.41. The highest BCUT2D eigenvalue weighted by atomic mass is 16.5. The quantitative estimate of drug-likeness (QED) is 0.683. The number of nitrogens with one attached hydrogen (secondary N) is 2. The van der Waals surface area contributed by atoms with Crippen molar-refractivity contribution in [2.75, 3.05) is 39.9 Å². The zero-order valence-electron chi connectivity index (χ0n) is 16.4. The molecule has 0 aliphatic carbocycles. The Morgan fingerprint density at radius 1 is 1.21 bits per heavy atom. The molecule has 9 heteroatoms. The molecule has 0 radical (unpaired) electrons. The predicted molar refractivity (Wildman–Crippen MR) is 104 cm³/mol. The maximum atomic E-state index is 13.0. The second kappa shape index (κ2) is 9.51. The van der Waals surface area contributed by atoms with Gasteiger partial charge in [-0.25, -0.2) is 0 Å². The van der Waals surface area contributed by atoms with E-state index in [1.165, 1.54) is 12.0 Å². The predicted octanol–water partition coefficient (Wildman–Crippen LogP) is -0.619. The van der Waals surface area contributed by atoms with Crippen molar-refractivity contribution in [2.24, 2.45) is 0 Å². The Kier molecular flexibility index (Phi) is 6.82. The maximum Gasteiger partial charge on any atom is 0.253 e. The second-order valence-corrected chi connectivity index (χ2v) is 7.15. The van der Waals surface area contributed by atoms with E-state index in [1.54, 1.807) is 29.2 Å². The highest BCUT2D eigenvalue weighted by molar-refractivity contribution is 5.96. The van der Waals surface area contributed by atoms with Gasteiger partial charge in [-0.15, -0.1) is 0 Å². The van der Waals surface area contributed by atoms with Crippen LogP contribution in [0.5, 0.6) is 0 Å². The number of amides is 4. The number of piperazine rings is 1. The van der Waals surface area contributed by atoms with Crippen molar-refractivity contribution in [3.8, 4) is 0 Å². The largest absolute Gasteiger partial charge is 0.375 e. The summed E-state index contributed by atoms with van der Waals surface area (Å²) < 4.78 is 4.93. The number of hydrogen-bond acceptors (Lipinski definition) is 5. The lowest BCUT2D eigenvalue weighted by atomic mass is 10.0. The van der Waals surface area contributed by atoms with Crippen molar-refractivity contribution in [3.05, 3.63) is 35.9 Å². The minimum atomic E-state index is -0.881. The summed E-state index contributed by atoms with van der Waals surface area (Å²) in [5, 5.41) is 5.47. The van der Waals surface area contributed by atoms with Crippen LogP contribution in [0.1, 0.15) is 23.2 Å².